The second kappa shape index (κ2) is 3.06. The Kier molecular flexibility index (Phi) is 2.91. The SMILES string of the molecule is C=C(NC)[C@@H](C)C(C)(C)O. The van der Waals surface area contributed by atoms with E-state index < -0.39 is 5.60 Å². The van der Waals surface area contributed by atoms with Gasteiger partial charge in [-0.1, -0.05) is 13.5 Å². The lowest BCUT2D eigenvalue weighted by Gasteiger charge is -2.27. The Balaban J connectivity index is 4.08. The van der Waals surface area contributed by atoms with E-state index in [1.54, 1.807) is 13.8 Å². The number of nitrogens with one attached hydrogen (secondary N) is 1. The van der Waals surface area contributed by atoms with E-state index in [1.165, 1.54) is 0 Å². The highest BCUT2D eigenvalue weighted by atomic mass is 16.3. The van der Waals surface area contributed by atoms with Gasteiger partial charge in [-0.15, -0.1) is 0 Å². The van der Waals surface area contributed by atoms with Crippen LogP contribution in [0.4, 0.5) is 0 Å². The van der Waals surface area contributed by atoms with E-state index in [9.17, 15) is 5.11 Å². The largest absolute Gasteiger partial charge is 0.392 e. The van der Waals surface area contributed by atoms with Gasteiger partial charge in [-0.2, -0.15) is 0 Å². The first-order valence-electron chi connectivity index (χ1n) is 3.48. The molecule has 0 aliphatic heterocycles. The van der Waals surface area contributed by atoms with E-state index in [2.05, 4.69) is 11.9 Å². The van der Waals surface area contributed by atoms with Gasteiger partial charge in [0.05, 0.1) is 5.60 Å². The highest BCUT2D eigenvalue weighted by Gasteiger charge is 2.23. The minimum absolute atomic E-state index is 0.0810. The van der Waals surface area contributed by atoms with Crippen LogP contribution >= 0.6 is 0 Å². The monoisotopic (exact) mass is 143 g/mol. The summed E-state index contributed by atoms with van der Waals surface area (Å²) in [5.41, 5.74) is 0.188. The van der Waals surface area contributed by atoms with Gasteiger partial charge in [0, 0.05) is 18.7 Å². The predicted molar refractivity (Wildman–Crippen MR) is 43.7 cm³/mol. The number of rotatable bonds is 3. The second-order valence-corrected chi connectivity index (χ2v) is 3.15. The third kappa shape index (κ3) is 2.40. The summed E-state index contributed by atoms with van der Waals surface area (Å²) in [7, 11) is 1.81. The van der Waals surface area contributed by atoms with Gasteiger partial charge in [0.2, 0.25) is 0 Å². The van der Waals surface area contributed by atoms with Crippen LogP contribution in [0, 0.1) is 5.92 Å². The average Bonchev–Trinajstić information content (AvgIpc) is 1.83. The normalized spacial score (nSPS) is 14.5. The molecule has 0 heterocycles. The van der Waals surface area contributed by atoms with Crippen molar-refractivity contribution in [2.24, 2.45) is 5.92 Å². The average molecular weight is 143 g/mol. The summed E-state index contributed by atoms with van der Waals surface area (Å²) >= 11 is 0. The minimum Gasteiger partial charge on any atom is -0.392 e. The molecule has 2 nitrogen and oxygen atoms in total. The smallest absolute Gasteiger partial charge is 0.0671 e. The van der Waals surface area contributed by atoms with Crippen LogP contribution in [0.1, 0.15) is 20.8 Å². The van der Waals surface area contributed by atoms with Gasteiger partial charge in [-0.3, -0.25) is 0 Å². The van der Waals surface area contributed by atoms with Crippen molar-refractivity contribution in [3.8, 4) is 0 Å². The second-order valence-electron chi connectivity index (χ2n) is 3.15. The maximum absolute atomic E-state index is 9.49. The Labute approximate surface area is 62.9 Å². The van der Waals surface area contributed by atoms with E-state index in [-0.39, 0.29) is 5.92 Å². The van der Waals surface area contributed by atoms with Crippen molar-refractivity contribution in [2.75, 3.05) is 7.05 Å². The number of hydrogen-bond donors (Lipinski definition) is 2. The van der Waals surface area contributed by atoms with E-state index >= 15 is 0 Å². The molecule has 2 N–H and O–H groups in total. The van der Waals surface area contributed by atoms with Crippen LogP contribution in [0.25, 0.3) is 0 Å². The summed E-state index contributed by atoms with van der Waals surface area (Å²) in [6.07, 6.45) is 0. The molecular weight excluding hydrogens is 126 g/mol. The fourth-order valence-corrected chi connectivity index (χ4v) is 0.643. The summed E-state index contributed by atoms with van der Waals surface area (Å²) in [6, 6.07) is 0. The van der Waals surface area contributed by atoms with Crippen LogP contribution in [0.15, 0.2) is 12.3 Å². The molecule has 0 saturated heterocycles. The van der Waals surface area contributed by atoms with Crippen LogP contribution in [0.3, 0.4) is 0 Å². The lowest BCUT2D eigenvalue weighted by molar-refractivity contribution is 0.0377. The predicted octanol–water partition coefficient (Wildman–Crippen LogP) is 1.13. The van der Waals surface area contributed by atoms with Gasteiger partial charge in [-0.25, -0.2) is 0 Å². The van der Waals surface area contributed by atoms with Gasteiger partial charge < -0.3 is 10.4 Å². The fourth-order valence-electron chi connectivity index (χ4n) is 0.643. The van der Waals surface area contributed by atoms with Crippen molar-refractivity contribution >= 4 is 0 Å². The van der Waals surface area contributed by atoms with Gasteiger partial charge in [-0.05, 0) is 13.8 Å². The quantitative estimate of drug-likeness (QED) is 0.620. The zero-order chi connectivity index (χ0) is 8.36. The molecule has 1 atom stereocenters. The molecule has 0 spiro atoms. The molecule has 0 aromatic heterocycles. The van der Waals surface area contributed by atoms with E-state index in [0.29, 0.717) is 0 Å². The van der Waals surface area contributed by atoms with E-state index in [0.717, 1.165) is 5.70 Å². The molecule has 0 aromatic rings. The highest BCUT2D eigenvalue weighted by Crippen LogP contribution is 2.20. The molecule has 60 valence electrons. The maximum atomic E-state index is 9.49. The summed E-state index contributed by atoms with van der Waals surface area (Å²) in [6.45, 7) is 9.27. The summed E-state index contributed by atoms with van der Waals surface area (Å²) in [5, 5.41) is 12.4. The Bertz CT molecular complexity index is 124. The zero-order valence-electron chi connectivity index (χ0n) is 7.23. The van der Waals surface area contributed by atoms with Crippen molar-refractivity contribution in [1.82, 2.24) is 5.32 Å². The van der Waals surface area contributed by atoms with Crippen LogP contribution < -0.4 is 5.32 Å². The minimum atomic E-state index is -0.680. The molecule has 0 radical (unpaired) electrons. The van der Waals surface area contributed by atoms with Crippen molar-refractivity contribution in [2.45, 2.75) is 26.4 Å². The molecule has 0 aliphatic carbocycles. The molecule has 0 bridgehead atoms. The standard InChI is InChI=1S/C8H17NO/c1-6(7(2)9-5)8(3,4)10/h6,9-10H,2H2,1,3-5H3/t6-/m1/s1. The van der Waals surface area contributed by atoms with Crippen molar-refractivity contribution in [3.05, 3.63) is 12.3 Å². The number of hydrogen-bond acceptors (Lipinski definition) is 2. The van der Waals surface area contributed by atoms with Crippen molar-refractivity contribution in [1.29, 1.82) is 0 Å². The molecule has 0 fully saturated rings. The Morgan fingerprint density at radius 2 is 2.00 bits per heavy atom. The van der Waals surface area contributed by atoms with E-state index in [1.807, 2.05) is 14.0 Å². The summed E-state index contributed by atoms with van der Waals surface area (Å²) in [5.74, 6) is 0.0810. The summed E-state index contributed by atoms with van der Waals surface area (Å²) < 4.78 is 0. The molecule has 0 saturated carbocycles. The third-order valence-electron chi connectivity index (χ3n) is 1.90. The van der Waals surface area contributed by atoms with E-state index in [4.69, 9.17) is 0 Å². The van der Waals surface area contributed by atoms with Gasteiger partial charge in [0.15, 0.2) is 0 Å². The first-order valence-corrected chi connectivity index (χ1v) is 3.48. The molecular formula is C8H17NO. The molecule has 0 unspecified atom stereocenters. The Morgan fingerprint density at radius 1 is 1.60 bits per heavy atom. The van der Waals surface area contributed by atoms with Gasteiger partial charge in [0.25, 0.3) is 0 Å². The molecule has 10 heavy (non-hydrogen) atoms. The molecule has 2 heteroatoms. The first-order chi connectivity index (χ1) is 4.39. The topological polar surface area (TPSA) is 32.3 Å². The van der Waals surface area contributed by atoms with Crippen LogP contribution in [0.2, 0.25) is 0 Å². The lowest BCUT2D eigenvalue weighted by Crippen LogP contribution is -2.33. The Hall–Kier alpha value is -0.500. The van der Waals surface area contributed by atoms with Crippen LogP contribution in [-0.2, 0) is 0 Å². The summed E-state index contributed by atoms with van der Waals surface area (Å²) in [4.78, 5) is 0. The molecule has 0 amide bonds. The lowest BCUT2D eigenvalue weighted by atomic mass is 9.90. The van der Waals surface area contributed by atoms with Gasteiger partial charge in [0.1, 0.15) is 0 Å². The zero-order valence-corrected chi connectivity index (χ0v) is 7.23. The first kappa shape index (κ1) is 9.50. The third-order valence-corrected chi connectivity index (χ3v) is 1.90. The number of aliphatic hydroxyl groups is 1. The maximum Gasteiger partial charge on any atom is 0.0671 e. The van der Waals surface area contributed by atoms with Crippen LogP contribution in [0.5, 0.6) is 0 Å². The van der Waals surface area contributed by atoms with Crippen molar-refractivity contribution < 1.29 is 5.11 Å². The van der Waals surface area contributed by atoms with Crippen molar-refractivity contribution in [3.63, 3.8) is 0 Å². The molecule has 0 aromatic carbocycles. The Morgan fingerprint density at radius 3 is 2.10 bits per heavy atom. The van der Waals surface area contributed by atoms with Gasteiger partial charge >= 0.3 is 0 Å². The molecule has 0 rings (SSSR count). The fraction of sp³-hybridized carbons (Fsp3) is 0.750. The highest BCUT2D eigenvalue weighted by molar-refractivity contribution is 5.01. The van der Waals surface area contributed by atoms with Crippen LogP contribution in [-0.4, -0.2) is 17.8 Å². The molecule has 0 aliphatic rings.